The molecular weight excluding hydrogens is 341 g/mol. The van der Waals surface area contributed by atoms with E-state index in [-0.39, 0.29) is 24.1 Å². The van der Waals surface area contributed by atoms with Crippen molar-refractivity contribution in [3.8, 4) is 0 Å². The molecule has 1 aliphatic heterocycles. The zero-order valence-corrected chi connectivity index (χ0v) is 13.1. The van der Waals surface area contributed by atoms with Crippen LogP contribution in [0.2, 0.25) is 0 Å². The zero-order chi connectivity index (χ0) is 15.4. The number of rotatable bonds is 4. The molecule has 2 rings (SSSR count). The highest BCUT2D eigenvalue weighted by Crippen LogP contribution is 2.21. The minimum atomic E-state index is -0.802. The first-order valence-corrected chi connectivity index (χ1v) is 7.79. The van der Waals surface area contributed by atoms with E-state index in [2.05, 4.69) is 15.9 Å². The summed E-state index contributed by atoms with van der Waals surface area (Å²) in [6.07, 6.45) is 1.23. The Morgan fingerprint density at radius 1 is 1.33 bits per heavy atom. The van der Waals surface area contributed by atoms with E-state index in [9.17, 15) is 14.0 Å². The molecule has 1 fully saturated rings. The van der Waals surface area contributed by atoms with E-state index in [1.54, 1.807) is 23.1 Å². The van der Waals surface area contributed by atoms with Gasteiger partial charge in [0.2, 0.25) is 5.91 Å². The van der Waals surface area contributed by atoms with Crippen molar-refractivity contribution >= 4 is 27.8 Å². The number of piperidine rings is 1. The molecule has 21 heavy (non-hydrogen) atoms. The van der Waals surface area contributed by atoms with Gasteiger partial charge in [0.15, 0.2) is 0 Å². The van der Waals surface area contributed by atoms with Crippen LogP contribution in [0.4, 0.5) is 4.39 Å². The lowest BCUT2D eigenvalue weighted by Crippen LogP contribution is -2.44. The van der Waals surface area contributed by atoms with E-state index in [1.165, 1.54) is 6.07 Å². The first kappa shape index (κ1) is 15.9. The first-order valence-electron chi connectivity index (χ1n) is 6.88. The summed E-state index contributed by atoms with van der Waals surface area (Å²) in [4.78, 5) is 24.4. The van der Waals surface area contributed by atoms with Crippen molar-refractivity contribution in [1.29, 1.82) is 0 Å². The quantitative estimate of drug-likeness (QED) is 0.842. The lowest BCUT2D eigenvalue weighted by Gasteiger charge is -2.31. The zero-order valence-electron chi connectivity index (χ0n) is 11.5. The predicted molar refractivity (Wildman–Crippen MR) is 79.8 cm³/mol. The number of carbonyl (C=O) groups excluding carboxylic acids is 1. The van der Waals surface area contributed by atoms with Crippen molar-refractivity contribution in [2.75, 3.05) is 13.1 Å². The molecule has 1 atom stereocenters. The SMILES string of the molecule is O=C(O)C1CCN(C(=O)C(Br)Cc2ccccc2F)CC1. The second kappa shape index (κ2) is 7.02. The summed E-state index contributed by atoms with van der Waals surface area (Å²) in [5.41, 5.74) is 0.494. The molecule has 1 unspecified atom stereocenters. The number of alkyl halides is 1. The van der Waals surface area contributed by atoms with Crippen LogP contribution in [0.15, 0.2) is 24.3 Å². The minimum absolute atomic E-state index is 0.109. The van der Waals surface area contributed by atoms with Gasteiger partial charge in [-0.25, -0.2) is 4.39 Å². The third-order valence-electron chi connectivity index (χ3n) is 3.78. The van der Waals surface area contributed by atoms with Gasteiger partial charge in [-0.3, -0.25) is 9.59 Å². The molecule has 114 valence electrons. The number of hydrogen-bond donors (Lipinski definition) is 1. The highest BCUT2D eigenvalue weighted by atomic mass is 79.9. The molecule has 1 N–H and O–H groups in total. The van der Waals surface area contributed by atoms with E-state index < -0.39 is 10.8 Å². The second-order valence-electron chi connectivity index (χ2n) is 5.20. The fraction of sp³-hybridized carbons (Fsp3) is 0.467. The highest BCUT2D eigenvalue weighted by molar-refractivity contribution is 9.10. The van der Waals surface area contributed by atoms with E-state index in [0.29, 0.717) is 31.5 Å². The van der Waals surface area contributed by atoms with Gasteiger partial charge in [0, 0.05) is 13.1 Å². The molecule has 1 saturated heterocycles. The third kappa shape index (κ3) is 4.03. The normalized spacial score (nSPS) is 17.5. The molecule has 6 heteroatoms. The van der Waals surface area contributed by atoms with Crippen LogP contribution in [-0.4, -0.2) is 39.8 Å². The number of carbonyl (C=O) groups is 2. The summed E-state index contributed by atoms with van der Waals surface area (Å²) in [5.74, 6) is -1.60. The Labute approximate surface area is 131 Å². The summed E-state index contributed by atoms with van der Waals surface area (Å²) >= 11 is 3.32. The van der Waals surface area contributed by atoms with Crippen LogP contribution in [-0.2, 0) is 16.0 Å². The van der Waals surface area contributed by atoms with Gasteiger partial charge in [0.05, 0.1) is 10.7 Å². The highest BCUT2D eigenvalue weighted by Gasteiger charge is 2.29. The molecule has 0 aromatic heterocycles. The smallest absolute Gasteiger partial charge is 0.306 e. The van der Waals surface area contributed by atoms with Crippen molar-refractivity contribution < 1.29 is 19.1 Å². The minimum Gasteiger partial charge on any atom is -0.481 e. The molecule has 1 aromatic rings. The summed E-state index contributed by atoms with van der Waals surface area (Å²) in [5, 5.41) is 8.94. The summed E-state index contributed by atoms with van der Waals surface area (Å²) in [6, 6.07) is 6.38. The topological polar surface area (TPSA) is 57.6 Å². The van der Waals surface area contributed by atoms with Gasteiger partial charge in [-0.1, -0.05) is 34.1 Å². The Morgan fingerprint density at radius 3 is 2.52 bits per heavy atom. The van der Waals surface area contributed by atoms with Crippen LogP contribution in [0.25, 0.3) is 0 Å². The van der Waals surface area contributed by atoms with Crippen molar-refractivity contribution in [2.24, 2.45) is 5.92 Å². The maximum absolute atomic E-state index is 13.6. The Morgan fingerprint density at radius 2 is 1.95 bits per heavy atom. The molecule has 0 aliphatic carbocycles. The predicted octanol–water partition coefficient (Wildman–Crippen LogP) is 2.45. The number of carboxylic acids is 1. The van der Waals surface area contributed by atoms with E-state index in [4.69, 9.17) is 5.11 Å². The molecular formula is C15H17BrFNO3. The van der Waals surface area contributed by atoms with E-state index in [0.717, 1.165) is 0 Å². The molecule has 1 aliphatic rings. The van der Waals surface area contributed by atoms with Gasteiger partial charge in [-0.05, 0) is 30.9 Å². The Hall–Kier alpha value is -1.43. The Bertz CT molecular complexity index is 529. The summed E-state index contributed by atoms with van der Waals surface area (Å²) in [7, 11) is 0. The van der Waals surface area contributed by atoms with Crippen molar-refractivity contribution in [2.45, 2.75) is 24.1 Å². The molecule has 0 spiro atoms. The summed E-state index contributed by atoms with van der Waals surface area (Å²) in [6.45, 7) is 0.879. The molecule has 1 amide bonds. The number of carboxylic acid groups (broad SMARTS) is 1. The molecule has 0 saturated carbocycles. The fourth-order valence-corrected chi connectivity index (χ4v) is 3.13. The summed E-state index contributed by atoms with van der Waals surface area (Å²) < 4.78 is 13.6. The number of aliphatic carboxylic acids is 1. The average Bonchev–Trinajstić information content (AvgIpc) is 2.49. The maximum atomic E-state index is 13.6. The molecule has 4 nitrogen and oxygen atoms in total. The Balaban J connectivity index is 1.92. The van der Waals surface area contributed by atoms with Gasteiger partial charge >= 0.3 is 5.97 Å². The van der Waals surface area contributed by atoms with Crippen molar-refractivity contribution in [1.82, 2.24) is 4.90 Å². The van der Waals surface area contributed by atoms with E-state index in [1.807, 2.05) is 0 Å². The monoisotopic (exact) mass is 357 g/mol. The third-order valence-corrected chi connectivity index (χ3v) is 4.50. The van der Waals surface area contributed by atoms with Crippen LogP contribution in [0.1, 0.15) is 18.4 Å². The van der Waals surface area contributed by atoms with Crippen molar-refractivity contribution in [3.05, 3.63) is 35.6 Å². The van der Waals surface area contributed by atoms with Crippen LogP contribution in [0, 0.1) is 11.7 Å². The van der Waals surface area contributed by atoms with Gasteiger partial charge in [-0.2, -0.15) is 0 Å². The van der Waals surface area contributed by atoms with E-state index >= 15 is 0 Å². The number of likely N-dealkylation sites (tertiary alicyclic amines) is 1. The first-order chi connectivity index (χ1) is 9.99. The molecule has 1 heterocycles. The second-order valence-corrected chi connectivity index (χ2v) is 6.31. The molecule has 1 aromatic carbocycles. The van der Waals surface area contributed by atoms with Crippen LogP contribution in [0.3, 0.4) is 0 Å². The lowest BCUT2D eigenvalue weighted by molar-refractivity contribution is -0.145. The largest absolute Gasteiger partial charge is 0.481 e. The number of amides is 1. The van der Waals surface area contributed by atoms with Crippen molar-refractivity contribution in [3.63, 3.8) is 0 Å². The van der Waals surface area contributed by atoms with Crippen LogP contribution < -0.4 is 0 Å². The number of hydrogen-bond acceptors (Lipinski definition) is 2. The average molecular weight is 358 g/mol. The fourth-order valence-electron chi connectivity index (χ4n) is 2.49. The number of benzene rings is 1. The van der Waals surface area contributed by atoms with Crippen LogP contribution in [0.5, 0.6) is 0 Å². The standard InChI is InChI=1S/C15H17BrFNO3/c16-12(9-11-3-1-2-4-13(11)17)14(19)18-7-5-10(6-8-18)15(20)21/h1-4,10,12H,5-9H2,(H,20,21). The Kier molecular flexibility index (Phi) is 5.33. The van der Waals surface area contributed by atoms with Gasteiger partial charge < -0.3 is 10.0 Å². The number of halogens is 2. The lowest BCUT2D eigenvalue weighted by atomic mass is 9.96. The number of nitrogens with zero attached hydrogens (tertiary/aromatic N) is 1. The van der Waals surface area contributed by atoms with Gasteiger partial charge in [0.25, 0.3) is 0 Å². The molecule has 0 radical (unpaired) electrons. The maximum Gasteiger partial charge on any atom is 0.306 e. The van der Waals surface area contributed by atoms with Gasteiger partial charge in [-0.15, -0.1) is 0 Å². The van der Waals surface area contributed by atoms with Crippen LogP contribution >= 0.6 is 15.9 Å². The molecule has 0 bridgehead atoms. The van der Waals surface area contributed by atoms with Gasteiger partial charge in [0.1, 0.15) is 5.82 Å².